The molecule has 0 amide bonds. The average molecular weight is 375 g/mol. The van der Waals surface area contributed by atoms with E-state index in [0.717, 1.165) is 54.2 Å². The molecule has 1 N–H and O–H groups in total. The largest absolute Gasteiger partial charge is 0.314 e. The van der Waals surface area contributed by atoms with Gasteiger partial charge in [-0.1, -0.05) is 50.1 Å². The summed E-state index contributed by atoms with van der Waals surface area (Å²) in [7, 11) is 0. The number of fused-ring (bicyclic) bond motifs is 1. The highest BCUT2D eigenvalue weighted by Gasteiger charge is 2.18. The summed E-state index contributed by atoms with van der Waals surface area (Å²) in [5, 5.41) is 3.67. The topological polar surface area (TPSA) is 33.5 Å². The van der Waals surface area contributed by atoms with E-state index in [0.29, 0.717) is 0 Å². The van der Waals surface area contributed by atoms with Gasteiger partial charge in [-0.15, -0.1) is 0 Å². The van der Waals surface area contributed by atoms with Crippen molar-refractivity contribution in [3.05, 3.63) is 77.1 Å². The smallest absolute Gasteiger partial charge is 0.210 e. The van der Waals surface area contributed by atoms with Crippen LogP contribution in [0.5, 0.6) is 0 Å². The van der Waals surface area contributed by atoms with Crippen LogP contribution in [0.25, 0.3) is 5.52 Å². The molecule has 3 heteroatoms. The van der Waals surface area contributed by atoms with Gasteiger partial charge in [0.1, 0.15) is 0 Å². The maximum atomic E-state index is 13.2. The quantitative estimate of drug-likeness (QED) is 0.434. The van der Waals surface area contributed by atoms with Gasteiger partial charge in [0.05, 0.1) is 5.69 Å². The minimum absolute atomic E-state index is 0.109. The third-order valence-electron chi connectivity index (χ3n) is 6.00. The molecule has 1 saturated carbocycles. The molecule has 0 unspecified atom stereocenters. The van der Waals surface area contributed by atoms with E-state index in [-0.39, 0.29) is 5.78 Å². The van der Waals surface area contributed by atoms with Crippen LogP contribution < -0.4 is 5.32 Å². The third-order valence-corrected chi connectivity index (χ3v) is 6.00. The second kappa shape index (κ2) is 8.74. The molecule has 1 aliphatic rings. The van der Waals surface area contributed by atoms with Crippen LogP contribution in [0.4, 0.5) is 0 Å². The van der Waals surface area contributed by atoms with Crippen LogP contribution in [0, 0.1) is 0 Å². The minimum atomic E-state index is 0.109. The predicted octanol–water partition coefficient (Wildman–Crippen LogP) is 5.20. The van der Waals surface area contributed by atoms with Crippen molar-refractivity contribution in [2.45, 2.75) is 57.9 Å². The molecular formula is C25H30N2O. The van der Waals surface area contributed by atoms with Crippen molar-refractivity contribution in [2.24, 2.45) is 0 Å². The summed E-state index contributed by atoms with van der Waals surface area (Å²) in [5.74, 6) is 0.109. The summed E-state index contributed by atoms with van der Waals surface area (Å²) < 4.78 is 2.02. The van der Waals surface area contributed by atoms with Gasteiger partial charge in [0, 0.05) is 23.3 Å². The van der Waals surface area contributed by atoms with Crippen molar-refractivity contribution < 1.29 is 4.79 Å². The second-order valence-electron chi connectivity index (χ2n) is 7.93. The van der Waals surface area contributed by atoms with Crippen molar-refractivity contribution in [1.29, 1.82) is 0 Å². The molecule has 2 aromatic heterocycles. The van der Waals surface area contributed by atoms with Crippen molar-refractivity contribution in [3.63, 3.8) is 0 Å². The standard InChI is InChI=1S/C25H30N2O/c1-2-20-18-23-11-5-6-17-27(23)24(20)25(28)21-14-12-19(13-15-21)8-7-16-26-22-9-3-4-10-22/h5-6,11-15,17-18,22,26H,2-4,7-10,16H2,1H3. The number of aryl methyl sites for hydroxylation is 2. The Morgan fingerprint density at radius 3 is 2.64 bits per heavy atom. The molecule has 2 heterocycles. The Morgan fingerprint density at radius 2 is 1.89 bits per heavy atom. The van der Waals surface area contributed by atoms with Gasteiger partial charge in [-0.2, -0.15) is 0 Å². The van der Waals surface area contributed by atoms with Gasteiger partial charge in [-0.25, -0.2) is 0 Å². The van der Waals surface area contributed by atoms with Crippen LogP contribution in [-0.4, -0.2) is 22.8 Å². The van der Waals surface area contributed by atoms with E-state index in [4.69, 9.17) is 0 Å². The number of ketones is 1. The zero-order valence-electron chi connectivity index (χ0n) is 16.8. The molecule has 0 aliphatic heterocycles. The second-order valence-corrected chi connectivity index (χ2v) is 7.93. The lowest BCUT2D eigenvalue weighted by molar-refractivity contribution is 0.103. The Balaban J connectivity index is 1.41. The number of aromatic nitrogens is 1. The molecule has 1 aromatic carbocycles. The maximum absolute atomic E-state index is 13.2. The number of nitrogens with one attached hydrogen (secondary N) is 1. The molecule has 0 bridgehead atoms. The summed E-state index contributed by atoms with van der Waals surface area (Å²) in [6, 6.07) is 17.1. The Hall–Kier alpha value is -2.39. The fraction of sp³-hybridized carbons (Fsp3) is 0.400. The molecule has 0 atom stereocenters. The fourth-order valence-corrected chi connectivity index (χ4v) is 4.39. The number of carbonyl (C=O) groups excluding carboxylic acids is 1. The molecule has 4 rings (SSSR count). The number of carbonyl (C=O) groups is 1. The first-order valence-electron chi connectivity index (χ1n) is 10.7. The Bertz CT molecular complexity index is 933. The van der Waals surface area contributed by atoms with E-state index in [1.807, 2.05) is 34.9 Å². The van der Waals surface area contributed by atoms with Crippen LogP contribution in [0.3, 0.4) is 0 Å². The lowest BCUT2D eigenvalue weighted by atomic mass is 10.0. The first kappa shape index (κ1) is 18.9. The van der Waals surface area contributed by atoms with Crippen molar-refractivity contribution in [2.75, 3.05) is 6.54 Å². The SMILES string of the molecule is CCc1cc2ccccn2c1C(=O)c1ccc(CCCNC2CCCC2)cc1. The van der Waals surface area contributed by atoms with Crippen LogP contribution in [0.1, 0.15) is 66.2 Å². The van der Waals surface area contributed by atoms with Crippen molar-refractivity contribution >= 4 is 11.3 Å². The fourth-order valence-electron chi connectivity index (χ4n) is 4.39. The summed E-state index contributed by atoms with van der Waals surface area (Å²) in [4.78, 5) is 13.2. The van der Waals surface area contributed by atoms with E-state index in [9.17, 15) is 4.79 Å². The first-order chi connectivity index (χ1) is 13.8. The highest BCUT2D eigenvalue weighted by molar-refractivity contribution is 6.09. The molecule has 3 nitrogen and oxygen atoms in total. The molecule has 1 aliphatic carbocycles. The number of rotatable bonds is 8. The Morgan fingerprint density at radius 1 is 1.11 bits per heavy atom. The number of pyridine rings is 1. The lowest BCUT2D eigenvalue weighted by Gasteiger charge is -2.11. The highest BCUT2D eigenvalue weighted by Crippen LogP contribution is 2.21. The van der Waals surface area contributed by atoms with Gasteiger partial charge >= 0.3 is 0 Å². The molecule has 0 spiro atoms. The zero-order valence-corrected chi connectivity index (χ0v) is 16.8. The van der Waals surface area contributed by atoms with E-state index < -0.39 is 0 Å². The van der Waals surface area contributed by atoms with Gasteiger partial charge in [-0.3, -0.25) is 4.79 Å². The van der Waals surface area contributed by atoms with Crippen LogP contribution in [-0.2, 0) is 12.8 Å². The zero-order chi connectivity index (χ0) is 19.3. The van der Waals surface area contributed by atoms with Gasteiger partial charge in [-0.05, 0) is 68.0 Å². The van der Waals surface area contributed by atoms with E-state index in [1.165, 1.54) is 31.2 Å². The highest BCUT2D eigenvalue weighted by atomic mass is 16.1. The third kappa shape index (κ3) is 4.05. The van der Waals surface area contributed by atoms with Crippen molar-refractivity contribution in [1.82, 2.24) is 9.72 Å². The van der Waals surface area contributed by atoms with E-state index in [2.05, 4.69) is 36.5 Å². The monoisotopic (exact) mass is 374 g/mol. The molecular weight excluding hydrogens is 344 g/mol. The minimum Gasteiger partial charge on any atom is -0.314 e. The lowest BCUT2D eigenvalue weighted by Crippen LogP contribution is -2.27. The normalized spacial score (nSPS) is 14.8. The number of benzene rings is 1. The molecule has 0 radical (unpaired) electrons. The summed E-state index contributed by atoms with van der Waals surface area (Å²) in [5.41, 5.74) is 5.06. The number of nitrogens with zero attached hydrogens (tertiary/aromatic N) is 1. The summed E-state index contributed by atoms with van der Waals surface area (Å²) in [6.07, 6.45) is 10.5. The first-order valence-corrected chi connectivity index (χ1v) is 10.7. The summed E-state index contributed by atoms with van der Waals surface area (Å²) in [6.45, 7) is 3.19. The van der Waals surface area contributed by atoms with Crippen molar-refractivity contribution in [3.8, 4) is 0 Å². The van der Waals surface area contributed by atoms with Crippen LogP contribution >= 0.6 is 0 Å². The maximum Gasteiger partial charge on any atom is 0.210 e. The predicted molar refractivity (Wildman–Crippen MR) is 115 cm³/mol. The molecule has 1 fully saturated rings. The van der Waals surface area contributed by atoms with Crippen LogP contribution in [0.15, 0.2) is 54.7 Å². The Kier molecular flexibility index (Phi) is 5.92. The van der Waals surface area contributed by atoms with Crippen LogP contribution in [0.2, 0.25) is 0 Å². The summed E-state index contributed by atoms with van der Waals surface area (Å²) >= 11 is 0. The number of hydrogen-bond acceptors (Lipinski definition) is 2. The molecule has 28 heavy (non-hydrogen) atoms. The van der Waals surface area contributed by atoms with E-state index in [1.54, 1.807) is 0 Å². The van der Waals surface area contributed by atoms with Gasteiger partial charge in [0.25, 0.3) is 0 Å². The molecule has 0 saturated heterocycles. The van der Waals surface area contributed by atoms with Gasteiger partial charge in [0.15, 0.2) is 0 Å². The Labute approximate surface area is 167 Å². The van der Waals surface area contributed by atoms with E-state index >= 15 is 0 Å². The number of hydrogen-bond donors (Lipinski definition) is 1. The van der Waals surface area contributed by atoms with Gasteiger partial charge < -0.3 is 9.72 Å². The van der Waals surface area contributed by atoms with Gasteiger partial charge in [0.2, 0.25) is 5.78 Å². The molecule has 146 valence electrons. The molecule has 3 aromatic rings. The average Bonchev–Trinajstić information content (AvgIpc) is 3.38.